The fourth-order valence-electron chi connectivity index (χ4n) is 3.03. The molecule has 4 rings (SSSR count). The van der Waals surface area contributed by atoms with Gasteiger partial charge in [-0.25, -0.2) is 15.0 Å². The molecule has 0 saturated carbocycles. The van der Waals surface area contributed by atoms with E-state index in [0.717, 1.165) is 53.9 Å². The summed E-state index contributed by atoms with van der Waals surface area (Å²) in [5, 5.41) is 0.724. The summed E-state index contributed by atoms with van der Waals surface area (Å²) in [6, 6.07) is 7.66. The molecule has 0 saturated heterocycles. The smallest absolute Gasteiger partial charge is 0.159 e. The second-order valence-electron chi connectivity index (χ2n) is 6.16. The molecule has 0 spiro atoms. The van der Waals surface area contributed by atoms with Crippen LogP contribution >= 0.6 is 11.6 Å². The highest BCUT2D eigenvalue weighted by Crippen LogP contribution is 2.23. The van der Waals surface area contributed by atoms with E-state index in [9.17, 15) is 0 Å². The van der Waals surface area contributed by atoms with Gasteiger partial charge >= 0.3 is 0 Å². The predicted molar refractivity (Wildman–Crippen MR) is 93.5 cm³/mol. The number of aromatic nitrogens is 4. The molecule has 0 N–H and O–H groups in total. The molecule has 0 amide bonds. The highest BCUT2D eigenvalue weighted by molar-refractivity contribution is 6.30. The van der Waals surface area contributed by atoms with Crippen LogP contribution in [0.1, 0.15) is 17.0 Å². The maximum absolute atomic E-state index is 5.95. The van der Waals surface area contributed by atoms with E-state index in [1.165, 1.54) is 5.56 Å². The van der Waals surface area contributed by atoms with Crippen LogP contribution in [0.3, 0.4) is 0 Å². The lowest BCUT2D eigenvalue weighted by Crippen LogP contribution is -2.31. The van der Waals surface area contributed by atoms with Gasteiger partial charge in [0.2, 0.25) is 0 Å². The van der Waals surface area contributed by atoms with Gasteiger partial charge in [0.1, 0.15) is 0 Å². The van der Waals surface area contributed by atoms with E-state index in [1.807, 2.05) is 48.4 Å². The summed E-state index contributed by atoms with van der Waals surface area (Å²) in [7, 11) is 1.99. The van der Waals surface area contributed by atoms with Crippen LogP contribution in [0.5, 0.6) is 0 Å². The first kappa shape index (κ1) is 15.3. The van der Waals surface area contributed by atoms with E-state index in [2.05, 4.69) is 21.1 Å². The van der Waals surface area contributed by atoms with Gasteiger partial charge in [0.25, 0.3) is 0 Å². The van der Waals surface area contributed by atoms with Gasteiger partial charge in [-0.3, -0.25) is 4.90 Å². The van der Waals surface area contributed by atoms with E-state index in [0.29, 0.717) is 0 Å². The minimum Gasteiger partial charge on any atom is -0.340 e. The number of halogens is 1. The number of hydrogen-bond donors (Lipinski definition) is 0. The third-order valence-electron chi connectivity index (χ3n) is 4.26. The number of fused-ring (bicyclic) bond motifs is 1. The van der Waals surface area contributed by atoms with E-state index < -0.39 is 0 Å². The van der Waals surface area contributed by atoms with Crippen LogP contribution < -0.4 is 0 Å². The SMILES string of the molecule is Cn1cnc(CN2CCc3nc(-c4ccc(Cl)cc4)ncc3C2)c1. The monoisotopic (exact) mass is 339 g/mol. The Morgan fingerprint density at radius 1 is 1.17 bits per heavy atom. The largest absolute Gasteiger partial charge is 0.340 e. The Morgan fingerprint density at radius 3 is 2.75 bits per heavy atom. The Balaban J connectivity index is 1.52. The number of rotatable bonds is 3. The van der Waals surface area contributed by atoms with Crippen LogP contribution in [-0.2, 0) is 26.6 Å². The Labute approximate surface area is 146 Å². The molecule has 1 aliphatic rings. The van der Waals surface area contributed by atoms with E-state index in [-0.39, 0.29) is 0 Å². The second kappa shape index (κ2) is 6.34. The Morgan fingerprint density at radius 2 is 2.00 bits per heavy atom. The second-order valence-corrected chi connectivity index (χ2v) is 6.60. The van der Waals surface area contributed by atoms with Crippen molar-refractivity contribution in [1.29, 1.82) is 0 Å². The van der Waals surface area contributed by atoms with Crippen molar-refractivity contribution in [2.75, 3.05) is 6.54 Å². The molecule has 1 aliphatic heterocycles. The van der Waals surface area contributed by atoms with Crippen LogP contribution in [-0.4, -0.2) is 31.0 Å². The lowest BCUT2D eigenvalue weighted by Gasteiger charge is -2.27. The minimum absolute atomic E-state index is 0.724. The average molecular weight is 340 g/mol. The van der Waals surface area contributed by atoms with Crippen molar-refractivity contribution in [1.82, 2.24) is 24.4 Å². The molecule has 0 unspecified atom stereocenters. The summed E-state index contributed by atoms with van der Waals surface area (Å²) in [6.45, 7) is 2.71. The van der Waals surface area contributed by atoms with Gasteiger partial charge in [0.15, 0.2) is 5.82 Å². The molecular weight excluding hydrogens is 322 g/mol. The van der Waals surface area contributed by atoms with Gasteiger partial charge in [0, 0.05) is 61.6 Å². The summed E-state index contributed by atoms with van der Waals surface area (Å²) in [5.74, 6) is 0.767. The van der Waals surface area contributed by atoms with Crippen molar-refractivity contribution >= 4 is 11.6 Å². The van der Waals surface area contributed by atoms with E-state index in [4.69, 9.17) is 16.6 Å². The summed E-state index contributed by atoms with van der Waals surface area (Å²) >= 11 is 5.95. The van der Waals surface area contributed by atoms with Crippen molar-refractivity contribution in [3.05, 3.63) is 65.0 Å². The van der Waals surface area contributed by atoms with Crippen molar-refractivity contribution in [2.24, 2.45) is 7.05 Å². The van der Waals surface area contributed by atoms with Crippen molar-refractivity contribution < 1.29 is 0 Å². The van der Waals surface area contributed by atoms with E-state index in [1.54, 1.807) is 0 Å². The van der Waals surface area contributed by atoms with Gasteiger partial charge in [-0.15, -0.1) is 0 Å². The third-order valence-corrected chi connectivity index (χ3v) is 4.51. The molecular formula is C18H18ClN5. The molecule has 1 aromatic carbocycles. The first-order valence-corrected chi connectivity index (χ1v) is 8.35. The van der Waals surface area contributed by atoms with Gasteiger partial charge < -0.3 is 4.57 Å². The quantitative estimate of drug-likeness (QED) is 0.735. The Bertz CT molecular complexity index is 856. The third kappa shape index (κ3) is 3.18. The van der Waals surface area contributed by atoms with Gasteiger partial charge in [-0.05, 0) is 24.3 Å². The van der Waals surface area contributed by atoms with Crippen LogP contribution in [0.2, 0.25) is 5.02 Å². The predicted octanol–water partition coefficient (Wildman–Crippen LogP) is 3.09. The Kier molecular flexibility index (Phi) is 4.04. The normalized spacial score (nSPS) is 14.6. The molecule has 6 heteroatoms. The maximum atomic E-state index is 5.95. The summed E-state index contributed by atoms with van der Waals surface area (Å²) in [5.41, 5.74) is 4.44. The molecule has 0 fully saturated rings. The molecule has 0 radical (unpaired) electrons. The maximum Gasteiger partial charge on any atom is 0.159 e. The van der Waals surface area contributed by atoms with Crippen molar-refractivity contribution in [3.63, 3.8) is 0 Å². The fraction of sp³-hybridized carbons (Fsp3) is 0.278. The standard InChI is InChI=1S/C18H18ClN5/c1-23-10-16(21-12-23)11-24-7-6-17-14(9-24)8-20-18(22-17)13-2-4-15(19)5-3-13/h2-5,8,10,12H,6-7,9,11H2,1H3. The highest BCUT2D eigenvalue weighted by atomic mass is 35.5. The average Bonchev–Trinajstić information content (AvgIpc) is 3.00. The number of nitrogens with zero attached hydrogens (tertiary/aromatic N) is 5. The zero-order valence-electron chi connectivity index (χ0n) is 13.5. The van der Waals surface area contributed by atoms with Gasteiger partial charge in [-0.2, -0.15) is 0 Å². The van der Waals surface area contributed by atoms with Gasteiger partial charge in [0.05, 0.1) is 17.7 Å². The number of benzene rings is 1. The lowest BCUT2D eigenvalue weighted by atomic mass is 10.1. The van der Waals surface area contributed by atoms with Crippen LogP contribution in [0.25, 0.3) is 11.4 Å². The highest BCUT2D eigenvalue weighted by Gasteiger charge is 2.19. The molecule has 3 heterocycles. The number of imidazole rings is 1. The van der Waals surface area contributed by atoms with Crippen LogP contribution in [0.15, 0.2) is 43.0 Å². The molecule has 122 valence electrons. The Hall–Kier alpha value is -2.24. The number of aryl methyl sites for hydroxylation is 1. The summed E-state index contributed by atoms with van der Waals surface area (Å²) in [4.78, 5) is 16.1. The topological polar surface area (TPSA) is 46.8 Å². The molecule has 2 aromatic heterocycles. The molecule has 0 aliphatic carbocycles. The molecule has 0 atom stereocenters. The molecule has 24 heavy (non-hydrogen) atoms. The van der Waals surface area contributed by atoms with E-state index >= 15 is 0 Å². The first-order chi connectivity index (χ1) is 11.7. The van der Waals surface area contributed by atoms with Crippen LogP contribution in [0.4, 0.5) is 0 Å². The summed E-state index contributed by atoms with van der Waals surface area (Å²) in [6.07, 6.45) is 6.80. The van der Waals surface area contributed by atoms with Gasteiger partial charge in [-0.1, -0.05) is 11.6 Å². The van der Waals surface area contributed by atoms with Crippen LogP contribution in [0, 0.1) is 0 Å². The van der Waals surface area contributed by atoms with Crippen molar-refractivity contribution in [3.8, 4) is 11.4 Å². The minimum atomic E-state index is 0.724. The molecule has 0 bridgehead atoms. The zero-order valence-corrected chi connectivity index (χ0v) is 14.2. The summed E-state index contributed by atoms with van der Waals surface area (Å²) < 4.78 is 1.98. The number of hydrogen-bond acceptors (Lipinski definition) is 4. The zero-order chi connectivity index (χ0) is 16.5. The lowest BCUT2D eigenvalue weighted by molar-refractivity contribution is 0.240. The van der Waals surface area contributed by atoms with Crippen molar-refractivity contribution in [2.45, 2.75) is 19.5 Å². The fourth-order valence-corrected chi connectivity index (χ4v) is 3.15. The first-order valence-electron chi connectivity index (χ1n) is 7.97. The molecule has 3 aromatic rings. The molecule has 5 nitrogen and oxygen atoms in total.